The fourth-order valence-corrected chi connectivity index (χ4v) is 2.96. The molecule has 0 fully saturated rings. The predicted octanol–water partition coefficient (Wildman–Crippen LogP) is 3.79. The van der Waals surface area contributed by atoms with Crippen LogP contribution in [0.25, 0.3) is 5.69 Å². The van der Waals surface area contributed by atoms with Crippen LogP contribution in [0.5, 0.6) is 5.88 Å². The molecule has 0 saturated carbocycles. The summed E-state index contributed by atoms with van der Waals surface area (Å²) < 4.78 is 47.3. The second-order valence-electron chi connectivity index (χ2n) is 5.89. The fraction of sp³-hybridized carbons (Fsp3) is 0.158. The van der Waals surface area contributed by atoms with Gasteiger partial charge in [0.05, 0.1) is 12.3 Å². The Morgan fingerprint density at radius 2 is 1.89 bits per heavy atom. The molecule has 2 aromatic carbocycles. The van der Waals surface area contributed by atoms with Crippen LogP contribution >= 0.6 is 15.9 Å². The zero-order valence-electron chi connectivity index (χ0n) is 14.5. The van der Waals surface area contributed by atoms with Crippen LogP contribution in [0.3, 0.4) is 0 Å². The molecule has 0 unspecified atom stereocenters. The quantitative estimate of drug-likeness (QED) is 0.636. The second-order valence-corrected chi connectivity index (χ2v) is 6.68. The average Bonchev–Trinajstić information content (AvgIpc) is 2.66. The Morgan fingerprint density at radius 3 is 2.57 bits per heavy atom. The van der Waals surface area contributed by atoms with E-state index in [1.807, 2.05) is 0 Å². The van der Waals surface area contributed by atoms with Gasteiger partial charge < -0.3 is 9.84 Å². The van der Waals surface area contributed by atoms with Crippen LogP contribution < -0.4 is 10.3 Å². The number of halogens is 4. The van der Waals surface area contributed by atoms with Crippen molar-refractivity contribution in [2.45, 2.75) is 20.1 Å². The first kappa shape index (κ1) is 20.1. The lowest BCUT2D eigenvalue weighted by molar-refractivity contribution is 0.281. The molecule has 5 nitrogen and oxygen atoms in total. The third-order valence-corrected chi connectivity index (χ3v) is 4.66. The Morgan fingerprint density at radius 1 is 1.14 bits per heavy atom. The molecule has 0 aliphatic heterocycles. The van der Waals surface area contributed by atoms with Gasteiger partial charge in [-0.25, -0.2) is 13.2 Å². The molecule has 0 atom stereocenters. The van der Waals surface area contributed by atoms with Crippen molar-refractivity contribution >= 4 is 15.9 Å². The van der Waals surface area contributed by atoms with Gasteiger partial charge in [-0.2, -0.15) is 4.98 Å². The van der Waals surface area contributed by atoms with Crippen molar-refractivity contribution in [2.75, 3.05) is 0 Å². The molecule has 0 spiro atoms. The molecule has 28 heavy (non-hydrogen) atoms. The first-order chi connectivity index (χ1) is 13.3. The number of hydrogen-bond acceptors (Lipinski definition) is 4. The molecule has 0 aliphatic carbocycles. The molecule has 1 aromatic heterocycles. The summed E-state index contributed by atoms with van der Waals surface area (Å²) in [5, 5.41) is 9.25. The molecule has 0 saturated heterocycles. The summed E-state index contributed by atoms with van der Waals surface area (Å²) in [6.07, 6.45) is 0. The van der Waals surface area contributed by atoms with Crippen LogP contribution in [-0.2, 0) is 13.2 Å². The number of aliphatic hydroxyl groups is 1. The smallest absolute Gasteiger partial charge is 0.276 e. The third kappa shape index (κ3) is 3.95. The predicted molar refractivity (Wildman–Crippen MR) is 98.8 cm³/mol. The first-order valence-electron chi connectivity index (χ1n) is 8.07. The van der Waals surface area contributed by atoms with E-state index in [1.54, 1.807) is 0 Å². The lowest BCUT2D eigenvalue weighted by Crippen LogP contribution is -2.24. The SMILES string of the molecule is Cc1nc(OCc2ccc(F)cc2F)c(Br)c(=O)n1-c1cc(CO)ccc1F. The molecule has 0 radical (unpaired) electrons. The number of benzene rings is 2. The van der Waals surface area contributed by atoms with Gasteiger partial charge in [-0.1, -0.05) is 6.07 Å². The van der Waals surface area contributed by atoms with E-state index in [9.17, 15) is 23.1 Å². The van der Waals surface area contributed by atoms with E-state index >= 15 is 0 Å². The van der Waals surface area contributed by atoms with Gasteiger partial charge in [0.2, 0.25) is 5.88 Å². The Balaban J connectivity index is 1.98. The van der Waals surface area contributed by atoms with Crippen molar-refractivity contribution in [1.82, 2.24) is 9.55 Å². The van der Waals surface area contributed by atoms with Crippen molar-refractivity contribution in [3.05, 3.63) is 85.6 Å². The van der Waals surface area contributed by atoms with Crippen molar-refractivity contribution in [1.29, 1.82) is 0 Å². The van der Waals surface area contributed by atoms with Gasteiger partial charge in [0, 0.05) is 11.6 Å². The minimum Gasteiger partial charge on any atom is -0.472 e. The summed E-state index contributed by atoms with van der Waals surface area (Å²) in [7, 11) is 0. The van der Waals surface area contributed by atoms with E-state index in [1.165, 1.54) is 25.1 Å². The highest BCUT2D eigenvalue weighted by molar-refractivity contribution is 9.10. The lowest BCUT2D eigenvalue weighted by atomic mass is 10.2. The third-order valence-electron chi connectivity index (χ3n) is 3.98. The van der Waals surface area contributed by atoms with Gasteiger partial charge in [-0.05, 0) is 52.7 Å². The summed E-state index contributed by atoms with van der Waals surface area (Å²) in [4.78, 5) is 16.9. The number of ether oxygens (including phenoxy) is 1. The molecule has 9 heteroatoms. The maximum atomic E-state index is 14.2. The van der Waals surface area contributed by atoms with Gasteiger partial charge in [-0.3, -0.25) is 9.36 Å². The highest BCUT2D eigenvalue weighted by atomic mass is 79.9. The maximum Gasteiger partial charge on any atom is 0.276 e. The van der Waals surface area contributed by atoms with Gasteiger partial charge >= 0.3 is 0 Å². The molecular weight excluding hydrogens is 441 g/mol. The van der Waals surface area contributed by atoms with E-state index in [2.05, 4.69) is 20.9 Å². The lowest BCUT2D eigenvalue weighted by Gasteiger charge is -2.15. The summed E-state index contributed by atoms with van der Waals surface area (Å²) in [5.74, 6) is -2.16. The molecule has 3 rings (SSSR count). The Kier molecular flexibility index (Phi) is 5.85. The highest BCUT2D eigenvalue weighted by Crippen LogP contribution is 2.23. The number of rotatable bonds is 5. The van der Waals surface area contributed by atoms with Crippen LogP contribution in [0.2, 0.25) is 0 Å². The molecular formula is C19H14BrF3N2O3. The van der Waals surface area contributed by atoms with E-state index in [0.717, 1.165) is 22.8 Å². The number of hydrogen-bond donors (Lipinski definition) is 1. The normalized spacial score (nSPS) is 10.9. The zero-order valence-corrected chi connectivity index (χ0v) is 16.1. The van der Waals surface area contributed by atoms with Crippen LogP contribution in [0.1, 0.15) is 17.0 Å². The molecule has 0 amide bonds. The van der Waals surface area contributed by atoms with E-state index in [4.69, 9.17) is 4.74 Å². The molecule has 1 N–H and O–H groups in total. The molecule has 3 aromatic rings. The monoisotopic (exact) mass is 454 g/mol. The van der Waals surface area contributed by atoms with Crippen LogP contribution in [0.4, 0.5) is 13.2 Å². The number of nitrogens with zero attached hydrogens (tertiary/aromatic N) is 2. The number of aryl methyl sites for hydroxylation is 1. The van der Waals surface area contributed by atoms with E-state index < -0.39 is 23.0 Å². The van der Waals surface area contributed by atoms with Crippen LogP contribution in [-0.4, -0.2) is 14.7 Å². The van der Waals surface area contributed by atoms with Gasteiger partial charge in [0.1, 0.15) is 34.4 Å². The standard InChI is InChI=1S/C19H14BrF3N2O3/c1-10-24-18(28-9-12-3-4-13(21)7-15(12)23)17(20)19(27)25(10)16-6-11(8-26)2-5-14(16)22/h2-7,26H,8-9H2,1H3. The van der Waals surface area contributed by atoms with E-state index in [-0.39, 0.29) is 40.6 Å². The first-order valence-corrected chi connectivity index (χ1v) is 8.86. The molecule has 146 valence electrons. The molecule has 0 bridgehead atoms. The Labute approximate surface area is 166 Å². The van der Waals surface area contributed by atoms with Crippen molar-refractivity contribution < 1.29 is 23.0 Å². The summed E-state index contributed by atoms with van der Waals surface area (Å²) in [6, 6.07) is 6.92. The summed E-state index contributed by atoms with van der Waals surface area (Å²) >= 11 is 3.08. The van der Waals surface area contributed by atoms with Gasteiger partial charge in [0.15, 0.2) is 0 Å². The fourth-order valence-electron chi connectivity index (χ4n) is 2.57. The Hall–Kier alpha value is -2.65. The average molecular weight is 455 g/mol. The summed E-state index contributed by atoms with van der Waals surface area (Å²) in [5.41, 5.74) is -0.209. The molecule has 0 aliphatic rings. The second kappa shape index (κ2) is 8.15. The number of aliphatic hydroxyl groups excluding tert-OH is 1. The maximum absolute atomic E-state index is 14.2. The molecule has 1 heterocycles. The van der Waals surface area contributed by atoms with Crippen LogP contribution in [0, 0.1) is 24.4 Å². The Bertz CT molecular complexity index is 1100. The highest BCUT2D eigenvalue weighted by Gasteiger charge is 2.18. The van der Waals surface area contributed by atoms with Crippen LogP contribution in [0.15, 0.2) is 45.7 Å². The van der Waals surface area contributed by atoms with Crippen molar-refractivity contribution in [2.24, 2.45) is 0 Å². The van der Waals surface area contributed by atoms with E-state index in [0.29, 0.717) is 5.56 Å². The minimum absolute atomic E-state index is 0.0709. The van der Waals surface area contributed by atoms with Gasteiger partial charge in [0.25, 0.3) is 5.56 Å². The largest absolute Gasteiger partial charge is 0.472 e. The zero-order chi connectivity index (χ0) is 20.4. The van der Waals surface area contributed by atoms with Crippen molar-refractivity contribution in [3.63, 3.8) is 0 Å². The minimum atomic E-state index is -0.788. The van der Waals surface area contributed by atoms with Crippen molar-refractivity contribution in [3.8, 4) is 11.6 Å². The summed E-state index contributed by atoms with van der Waals surface area (Å²) in [6.45, 7) is 0.874. The van der Waals surface area contributed by atoms with Gasteiger partial charge in [-0.15, -0.1) is 0 Å². The topological polar surface area (TPSA) is 64.3 Å². The number of aromatic nitrogens is 2.